The number of para-hydroxylation sites is 1. The van der Waals surface area contributed by atoms with Crippen LogP contribution in [0, 0.1) is 5.82 Å². The Morgan fingerprint density at radius 3 is 2.10 bits per heavy atom. The minimum absolute atomic E-state index is 0.0365. The van der Waals surface area contributed by atoms with Crippen molar-refractivity contribution in [1.29, 1.82) is 0 Å². The molecule has 13 rings (SSSR count). The number of nitrogens with zero attached hydrogens (tertiary/aromatic N) is 9. The van der Waals surface area contributed by atoms with E-state index in [0.29, 0.717) is 97.7 Å². The van der Waals surface area contributed by atoms with Crippen molar-refractivity contribution >= 4 is 75.3 Å². The first-order valence-corrected chi connectivity index (χ1v) is 28.2. The van der Waals surface area contributed by atoms with Gasteiger partial charge in [-0.15, -0.1) is 0 Å². The van der Waals surface area contributed by atoms with Crippen LogP contribution in [0.25, 0.3) is 22.3 Å². The number of imide groups is 2. The first kappa shape index (κ1) is 51.1. The number of halogens is 1. The van der Waals surface area contributed by atoms with Gasteiger partial charge in [0.2, 0.25) is 17.7 Å². The summed E-state index contributed by atoms with van der Waals surface area (Å²) in [4.78, 5) is 116. The number of benzene rings is 4. The van der Waals surface area contributed by atoms with Gasteiger partial charge in [-0.3, -0.25) is 43.8 Å². The molecule has 410 valence electrons. The van der Waals surface area contributed by atoms with Gasteiger partial charge in [-0.2, -0.15) is 0 Å². The van der Waals surface area contributed by atoms with Gasteiger partial charge in [0.05, 0.1) is 39.8 Å². The number of nitrogens with one attached hydrogen (secondary N) is 2. The summed E-state index contributed by atoms with van der Waals surface area (Å²) in [6, 6.07) is 26.0. The van der Waals surface area contributed by atoms with Crippen LogP contribution < -0.4 is 20.4 Å². The first-order chi connectivity index (χ1) is 38.7. The number of likely N-dealkylation sites (tertiary alicyclic amines) is 2. The number of pyridine rings is 1. The van der Waals surface area contributed by atoms with Crippen LogP contribution in [0.3, 0.4) is 0 Å². The van der Waals surface area contributed by atoms with Crippen LogP contribution in [0.15, 0.2) is 97.3 Å². The van der Waals surface area contributed by atoms with Crippen molar-refractivity contribution in [2.24, 2.45) is 0 Å². The van der Waals surface area contributed by atoms with Gasteiger partial charge in [0.15, 0.2) is 5.82 Å². The zero-order valence-corrected chi connectivity index (χ0v) is 44.8. The average Bonchev–Trinajstić information content (AvgIpc) is 4.04. The molecule has 7 aliphatic rings. The quantitative estimate of drug-likeness (QED) is 0.129. The third-order valence-corrected chi connectivity index (χ3v) is 17.9. The number of piperazine rings is 1. The average molecular weight is 1080 g/mol. The number of carbonyl (C=O) groups is 7. The van der Waals surface area contributed by atoms with Crippen molar-refractivity contribution in [3.05, 3.63) is 131 Å². The highest BCUT2D eigenvalue weighted by Crippen LogP contribution is 2.52. The van der Waals surface area contributed by atoms with E-state index in [1.165, 1.54) is 25.3 Å². The fourth-order valence-corrected chi connectivity index (χ4v) is 13.4. The number of amides is 7. The van der Waals surface area contributed by atoms with Crippen molar-refractivity contribution in [1.82, 2.24) is 39.5 Å². The number of hydrogen-bond donors (Lipinski definition) is 2. The van der Waals surface area contributed by atoms with Crippen LogP contribution in [-0.2, 0) is 19.8 Å². The number of anilines is 4. The van der Waals surface area contributed by atoms with Gasteiger partial charge in [0.1, 0.15) is 17.4 Å². The lowest BCUT2D eigenvalue weighted by atomic mass is 9.73. The first-order valence-electron chi connectivity index (χ1n) is 28.2. The van der Waals surface area contributed by atoms with Gasteiger partial charge < -0.3 is 34.4 Å². The SMILES string of the molecule is CC(C)n1cnc2cc(-c3ccc4c(c3)N(C3CC(N5CCCCC5)C3)C(=O)C43CCN(C(=O)c4ccc(C(=O)N5CCN(c6ccc7c(c6)C(=O)N([C@@H]6CCC(=O)NC6=O)C7=O)CC5)cc4)CC3)nc(Nc3ccccc3F)c21. The molecule has 6 aliphatic heterocycles. The number of imidazole rings is 1. The van der Waals surface area contributed by atoms with Crippen LogP contribution in [0.4, 0.5) is 27.3 Å². The molecule has 0 bridgehead atoms. The molecular formula is C61H62FN11O7. The fraction of sp³-hybridized carbons (Fsp3) is 0.393. The van der Waals surface area contributed by atoms with E-state index >= 15 is 9.18 Å². The summed E-state index contributed by atoms with van der Waals surface area (Å²) in [5, 5.41) is 5.49. The molecule has 18 nitrogen and oxygen atoms in total. The highest BCUT2D eigenvalue weighted by molar-refractivity contribution is 6.24. The Morgan fingerprint density at radius 2 is 1.41 bits per heavy atom. The second-order valence-corrected chi connectivity index (χ2v) is 22.8. The van der Waals surface area contributed by atoms with Crippen LogP contribution in [0.1, 0.15) is 125 Å². The van der Waals surface area contributed by atoms with E-state index in [1.54, 1.807) is 71.9 Å². The molecule has 0 radical (unpaired) electrons. The molecule has 5 fully saturated rings. The summed E-state index contributed by atoms with van der Waals surface area (Å²) in [6.07, 6.45) is 8.27. The monoisotopic (exact) mass is 1080 g/mol. The van der Waals surface area contributed by atoms with Crippen LogP contribution in [-0.4, -0.2) is 146 Å². The Hall–Kier alpha value is -8.32. The second kappa shape index (κ2) is 20.1. The molecule has 80 heavy (non-hydrogen) atoms. The van der Waals surface area contributed by atoms with Crippen molar-refractivity contribution < 1.29 is 38.0 Å². The smallest absolute Gasteiger partial charge is 0.262 e. The molecule has 19 heteroatoms. The van der Waals surface area contributed by atoms with Gasteiger partial charge in [0, 0.05) is 91.9 Å². The summed E-state index contributed by atoms with van der Waals surface area (Å²) in [7, 11) is 0. The van der Waals surface area contributed by atoms with Crippen LogP contribution in [0.5, 0.6) is 0 Å². The molecule has 1 aliphatic carbocycles. The van der Waals surface area contributed by atoms with Crippen LogP contribution in [0.2, 0.25) is 0 Å². The van der Waals surface area contributed by atoms with Crippen molar-refractivity contribution in [2.45, 2.75) is 101 Å². The third kappa shape index (κ3) is 8.67. The number of aromatic nitrogens is 3. The highest BCUT2D eigenvalue weighted by Gasteiger charge is 2.56. The lowest BCUT2D eigenvalue weighted by Gasteiger charge is -2.48. The largest absolute Gasteiger partial charge is 0.368 e. The summed E-state index contributed by atoms with van der Waals surface area (Å²) >= 11 is 0. The summed E-state index contributed by atoms with van der Waals surface area (Å²) in [6.45, 7) is 8.80. The zero-order valence-electron chi connectivity index (χ0n) is 44.8. The van der Waals surface area contributed by atoms with Gasteiger partial charge in [-0.1, -0.05) is 30.7 Å². The predicted molar refractivity (Wildman–Crippen MR) is 297 cm³/mol. The van der Waals surface area contributed by atoms with E-state index in [2.05, 4.69) is 46.4 Å². The molecule has 6 aromatic rings. The van der Waals surface area contributed by atoms with Gasteiger partial charge in [0.25, 0.3) is 23.6 Å². The number of carbonyl (C=O) groups excluding carboxylic acids is 7. The predicted octanol–water partition coefficient (Wildman–Crippen LogP) is 7.46. The Labute approximate surface area is 461 Å². The van der Waals surface area contributed by atoms with Crippen LogP contribution >= 0.6 is 0 Å². The fourth-order valence-electron chi connectivity index (χ4n) is 13.4. The number of rotatable bonds is 10. The standard InChI is InChI=1S/C61H62FN11O7/c1-36(2)71-35-63-49-34-48(65-54(53(49)71)64-47-9-5-4-8-46(47)62)39-14-17-45-51(30-39)72(42-31-41(32-42)67-22-6-3-7-23-67)60(80)61(45)20-24-69(25-21-61)56(76)37-10-12-38(13-11-37)57(77)70-28-26-68(27-29-70)40-15-16-43-44(33-40)59(79)73(58(43)78)50-18-19-52(74)66-55(50)75/h4-5,8-17,30,33-36,41-42,50H,3,6-7,18-29,31-32H2,1-2H3,(H,64,65)(H,66,74,75)/t41?,42?,50-/m1/s1. The third-order valence-electron chi connectivity index (χ3n) is 17.9. The Kier molecular flexibility index (Phi) is 12.8. The van der Waals surface area contributed by atoms with Crippen molar-refractivity contribution in [3.8, 4) is 11.3 Å². The minimum Gasteiger partial charge on any atom is -0.368 e. The maximum absolute atomic E-state index is 15.3. The number of piperidine rings is 3. The molecule has 2 N–H and O–H groups in total. The lowest BCUT2D eigenvalue weighted by Crippen LogP contribution is -2.58. The molecule has 1 saturated carbocycles. The molecule has 1 spiro atoms. The normalized spacial score (nSPS) is 22.1. The summed E-state index contributed by atoms with van der Waals surface area (Å²) in [5.74, 6) is -2.40. The highest BCUT2D eigenvalue weighted by atomic mass is 19.1. The van der Waals surface area contributed by atoms with Gasteiger partial charge >= 0.3 is 0 Å². The lowest BCUT2D eigenvalue weighted by molar-refractivity contribution is -0.136. The molecule has 2 aromatic heterocycles. The molecule has 4 saturated heterocycles. The van der Waals surface area contributed by atoms with E-state index in [4.69, 9.17) is 9.97 Å². The maximum atomic E-state index is 15.3. The number of hydrogen-bond acceptors (Lipinski definition) is 12. The van der Waals surface area contributed by atoms with Gasteiger partial charge in [-0.25, -0.2) is 14.4 Å². The maximum Gasteiger partial charge on any atom is 0.262 e. The molecule has 1 atom stereocenters. The molecule has 7 amide bonds. The Balaban J connectivity index is 0.693. The molecular weight excluding hydrogens is 1020 g/mol. The van der Waals surface area contributed by atoms with Gasteiger partial charge in [-0.05, 0) is 144 Å². The topological polar surface area (TPSA) is 194 Å². The van der Waals surface area contributed by atoms with E-state index < -0.39 is 40.9 Å². The summed E-state index contributed by atoms with van der Waals surface area (Å²) < 4.78 is 17.1. The minimum atomic E-state index is -1.05. The zero-order chi connectivity index (χ0) is 55.1. The number of fused-ring (bicyclic) bond motifs is 4. The van der Waals surface area contributed by atoms with Crippen molar-refractivity contribution in [3.63, 3.8) is 0 Å². The molecule has 0 unspecified atom stereocenters. The van der Waals surface area contributed by atoms with E-state index in [1.807, 2.05) is 26.5 Å². The van der Waals surface area contributed by atoms with E-state index in [0.717, 1.165) is 53.2 Å². The van der Waals surface area contributed by atoms with E-state index in [9.17, 15) is 28.8 Å². The van der Waals surface area contributed by atoms with E-state index in [-0.39, 0.29) is 53.8 Å². The summed E-state index contributed by atoms with van der Waals surface area (Å²) in [5.41, 5.74) is 6.30. The molecule has 8 heterocycles. The Morgan fingerprint density at radius 1 is 0.725 bits per heavy atom. The molecule has 4 aromatic carbocycles. The second-order valence-electron chi connectivity index (χ2n) is 22.8. The Bertz CT molecular complexity index is 3550. The van der Waals surface area contributed by atoms with Crippen molar-refractivity contribution in [2.75, 3.05) is 67.5 Å².